The van der Waals surface area contributed by atoms with Crippen LogP contribution in [0.1, 0.15) is 30.8 Å². The number of nitrogens with one attached hydrogen (secondary N) is 1. The van der Waals surface area contributed by atoms with Crippen molar-refractivity contribution in [2.75, 3.05) is 5.32 Å². The number of nitrogens with zero attached hydrogens (tertiary/aromatic N) is 5. The van der Waals surface area contributed by atoms with Crippen LogP contribution in [0.2, 0.25) is 0 Å². The molecule has 0 radical (unpaired) electrons. The molecule has 2 rings (SSSR count). The molecule has 118 valence electrons. The van der Waals surface area contributed by atoms with E-state index in [0.717, 1.165) is 0 Å². The first-order valence-electron chi connectivity index (χ1n) is 6.85. The lowest BCUT2D eigenvalue weighted by atomic mass is 10.2. The van der Waals surface area contributed by atoms with Gasteiger partial charge in [0.05, 0.1) is 28.2 Å². The summed E-state index contributed by atoms with van der Waals surface area (Å²) in [5.41, 5.74) is 1.88. The smallest absolute Gasteiger partial charge is 0.358 e. The van der Waals surface area contributed by atoms with E-state index in [9.17, 15) is 14.9 Å². The summed E-state index contributed by atoms with van der Waals surface area (Å²) < 4.78 is 3.00. The van der Waals surface area contributed by atoms with Gasteiger partial charge in [-0.1, -0.05) is 6.92 Å². The lowest BCUT2D eigenvalue weighted by molar-refractivity contribution is -0.389. The molecule has 0 aliphatic rings. The SMILES string of the molecule is CCC(C(=O)Nc1cn(C)nc1C)n1nc([N+](=O)[O-])cc1C. The Bertz CT molecular complexity index is 717. The molecule has 9 nitrogen and oxygen atoms in total. The van der Waals surface area contributed by atoms with Crippen molar-refractivity contribution >= 4 is 17.4 Å². The maximum absolute atomic E-state index is 12.5. The van der Waals surface area contributed by atoms with Crippen molar-refractivity contribution in [3.63, 3.8) is 0 Å². The Kier molecular flexibility index (Phi) is 4.25. The summed E-state index contributed by atoms with van der Waals surface area (Å²) in [6, 6.07) is 0.735. The van der Waals surface area contributed by atoms with Crippen LogP contribution in [0.25, 0.3) is 0 Å². The highest BCUT2D eigenvalue weighted by Crippen LogP contribution is 2.21. The Morgan fingerprint density at radius 2 is 2.14 bits per heavy atom. The zero-order valence-corrected chi connectivity index (χ0v) is 12.9. The topological polar surface area (TPSA) is 108 Å². The summed E-state index contributed by atoms with van der Waals surface area (Å²) in [5, 5.41) is 21.7. The van der Waals surface area contributed by atoms with E-state index in [2.05, 4.69) is 15.5 Å². The predicted molar refractivity (Wildman–Crippen MR) is 79.5 cm³/mol. The van der Waals surface area contributed by atoms with Gasteiger partial charge in [-0.2, -0.15) is 9.78 Å². The summed E-state index contributed by atoms with van der Waals surface area (Å²) in [4.78, 5) is 22.7. The molecular formula is C13H18N6O3. The highest BCUT2D eigenvalue weighted by molar-refractivity contribution is 5.94. The molecule has 1 atom stereocenters. The largest absolute Gasteiger partial charge is 0.390 e. The van der Waals surface area contributed by atoms with Crippen molar-refractivity contribution in [3.8, 4) is 0 Å². The highest BCUT2D eigenvalue weighted by Gasteiger charge is 2.27. The summed E-state index contributed by atoms with van der Waals surface area (Å²) in [5.74, 6) is -0.541. The summed E-state index contributed by atoms with van der Waals surface area (Å²) >= 11 is 0. The molecule has 0 saturated carbocycles. The van der Waals surface area contributed by atoms with Gasteiger partial charge in [-0.3, -0.25) is 9.48 Å². The number of carbonyl (C=O) groups excluding carboxylic acids is 1. The second kappa shape index (κ2) is 5.96. The van der Waals surface area contributed by atoms with Crippen molar-refractivity contribution in [1.82, 2.24) is 19.6 Å². The number of aryl methyl sites for hydroxylation is 3. The van der Waals surface area contributed by atoms with Gasteiger partial charge in [0.2, 0.25) is 0 Å². The fourth-order valence-electron chi connectivity index (χ4n) is 2.28. The van der Waals surface area contributed by atoms with E-state index in [0.29, 0.717) is 23.5 Å². The van der Waals surface area contributed by atoms with Gasteiger partial charge in [-0.05, 0) is 25.2 Å². The summed E-state index contributed by atoms with van der Waals surface area (Å²) in [7, 11) is 1.76. The molecule has 1 amide bonds. The number of hydrogen-bond acceptors (Lipinski definition) is 5. The van der Waals surface area contributed by atoms with Gasteiger partial charge in [0.25, 0.3) is 5.91 Å². The minimum atomic E-state index is -0.617. The fraction of sp³-hybridized carbons (Fsp3) is 0.462. The maximum atomic E-state index is 12.5. The maximum Gasteiger partial charge on any atom is 0.390 e. The molecule has 2 aromatic heterocycles. The van der Waals surface area contributed by atoms with Gasteiger partial charge < -0.3 is 15.4 Å². The standard InChI is InChI=1S/C13H18N6O3/c1-5-11(18-8(2)6-12(16-18)19(21)22)13(20)14-10-7-17(4)15-9(10)3/h6-7,11H,5H2,1-4H3,(H,14,20). The van der Waals surface area contributed by atoms with E-state index in [1.54, 1.807) is 31.8 Å². The summed E-state index contributed by atoms with van der Waals surface area (Å²) in [6.07, 6.45) is 2.17. The second-order valence-electron chi connectivity index (χ2n) is 5.06. The average Bonchev–Trinajstić information content (AvgIpc) is 2.95. The first-order valence-corrected chi connectivity index (χ1v) is 6.85. The fourth-order valence-corrected chi connectivity index (χ4v) is 2.28. The minimum absolute atomic E-state index is 0.263. The summed E-state index contributed by atoms with van der Waals surface area (Å²) in [6.45, 7) is 5.30. The van der Waals surface area contributed by atoms with Crippen LogP contribution in [0.5, 0.6) is 0 Å². The van der Waals surface area contributed by atoms with Gasteiger partial charge in [-0.15, -0.1) is 0 Å². The molecule has 22 heavy (non-hydrogen) atoms. The molecule has 1 N–H and O–H groups in total. The molecule has 0 aliphatic carbocycles. The Balaban J connectivity index is 2.26. The molecule has 0 saturated heterocycles. The molecule has 2 heterocycles. The van der Waals surface area contributed by atoms with E-state index in [-0.39, 0.29) is 11.7 Å². The van der Waals surface area contributed by atoms with E-state index in [1.807, 2.05) is 6.92 Å². The molecule has 9 heteroatoms. The van der Waals surface area contributed by atoms with Crippen LogP contribution in [-0.4, -0.2) is 30.4 Å². The van der Waals surface area contributed by atoms with E-state index < -0.39 is 11.0 Å². The molecule has 0 aliphatic heterocycles. The van der Waals surface area contributed by atoms with Crippen LogP contribution >= 0.6 is 0 Å². The minimum Gasteiger partial charge on any atom is -0.358 e. The van der Waals surface area contributed by atoms with E-state index in [1.165, 1.54) is 10.7 Å². The zero-order valence-electron chi connectivity index (χ0n) is 12.9. The van der Waals surface area contributed by atoms with Gasteiger partial charge >= 0.3 is 5.82 Å². The van der Waals surface area contributed by atoms with Crippen molar-refractivity contribution in [3.05, 3.63) is 33.8 Å². The number of aromatic nitrogens is 4. The first-order chi connectivity index (χ1) is 10.3. The number of anilines is 1. The normalized spacial score (nSPS) is 12.2. The van der Waals surface area contributed by atoms with Crippen LogP contribution in [0.4, 0.5) is 11.5 Å². The van der Waals surface area contributed by atoms with E-state index >= 15 is 0 Å². The highest BCUT2D eigenvalue weighted by atomic mass is 16.6. The third kappa shape index (κ3) is 2.97. The molecule has 0 fully saturated rings. The van der Waals surface area contributed by atoms with Crippen molar-refractivity contribution < 1.29 is 9.72 Å². The molecule has 0 bridgehead atoms. The second-order valence-corrected chi connectivity index (χ2v) is 5.06. The Morgan fingerprint density at radius 1 is 1.45 bits per heavy atom. The molecular weight excluding hydrogens is 288 g/mol. The van der Waals surface area contributed by atoms with Gasteiger partial charge in [0.1, 0.15) is 0 Å². The zero-order chi connectivity index (χ0) is 16.4. The van der Waals surface area contributed by atoms with Crippen LogP contribution < -0.4 is 5.32 Å². The van der Waals surface area contributed by atoms with Gasteiger partial charge in [0.15, 0.2) is 6.04 Å². The molecule has 1 unspecified atom stereocenters. The Hall–Kier alpha value is -2.71. The van der Waals surface area contributed by atoms with Crippen molar-refractivity contribution in [2.45, 2.75) is 33.2 Å². The van der Waals surface area contributed by atoms with Gasteiger partial charge in [-0.25, -0.2) is 0 Å². The average molecular weight is 306 g/mol. The lowest BCUT2D eigenvalue weighted by Crippen LogP contribution is -2.27. The monoisotopic (exact) mass is 306 g/mol. The number of hydrogen-bond donors (Lipinski definition) is 1. The molecule has 0 aromatic carbocycles. The first kappa shape index (κ1) is 15.7. The third-order valence-corrected chi connectivity index (χ3v) is 3.35. The number of rotatable bonds is 5. The van der Waals surface area contributed by atoms with E-state index in [4.69, 9.17) is 0 Å². The van der Waals surface area contributed by atoms with Crippen LogP contribution in [0.3, 0.4) is 0 Å². The van der Waals surface area contributed by atoms with Gasteiger partial charge in [0, 0.05) is 13.2 Å². The predicted octanol–water partition coefficient (Wildman–Crippen LogP) is 1.73. The molecule has 2 aromatic rings. The van der Waals surface area contributed by atoms with Crippen molar-refractivity contribution in [2.24, 2.45) is 7.05 Å². The Morgan fingerprint density at radius 3 is 2.59 bits per heavy atom. The van der Waals surface area contributed by atoms with Crippen LogP contribution in [0, 0.1) is 24.0 Å². The number of nitro groups is 1. The van der Waals surface area contributed by atoms with Crippen LogP contribution in [0.15, 0.2) is 12.3 Å². The number of carbonyl (C=O) groups is 1. The third-order valence-electron chi connectivity index (χ3n) is 3.35. The van der Waals surface area contributed by atoms with Crippen LogP contribution in [-0.2, 0) is 11.8 Å². The Labute approximate surface area is 127 Å². The molecule has 0 spiro atoms. The lowest BCUT2D eigenvalue weighted by Gasteiger charge is -2.13. The number of amides is 1. The quantitative estimate of drug-likeness (QED) is 0.668. The van der Waals surface area contributed by atoms with Crippen molar-refractivity contribution in [1.29, 1.82) is 0 Å².